The molecule has 0 saturated carbocycles. The van der Waals surface area contributed by atoms with Crippen molar-refractivity contribution in [3.63, 3.8) is 0 Å². The fourth-order valence-electron chi connectivity index (χ4n) is 2.26. The number of rotatable bonds is 3. The number of carbonyl (C=O) groups is 1. The van der Waals surface area contributed by atoms with E-state index in [0.29, 0.717) is 11.4 Å². The number of nitrogens with zero attached hydrogens (tertiary/aromatic N) is 3. The number of anilines is 1. The molecule has 0 aliphatic carbocycles. The zero-order chi connectivity index (χ0) is 16.4. The molecule has 0 atom stereocenters. The number of hydrogen-bond acceptors (Lipinski definition) is 3. The first-order chi connectivity index (χ1) is 11.0. The van der Waals surface area contributed by atoms with Gasteiger partial charge in [0.05, 0.1) is 16.9 Å². The summed E-state index contributed by atoms with van der Waals surface area (Å²) in [5.41, 5.74) is 2.34. The van der Waals surface area contributed by atoms with E-state index in [1.807, 2.05) is 19.9 Å². The number of carbonyl (C=O) groups excluding carboxylic acids is 1. The van der Waals surface area contributed by atoms with Crippen molar-refractivity contribution >= 4 is 11.6 Å². The molecule has 0 bridgehead atoms. The Labute approximate surface area is 132 Å². The molecule has 5 nitrogen and oxygen atoms in total. The van der Waals surface area contributed by atoms with Gasteiger partial charge < -0.3 is 5.32 Å². The molecule has 0 spiro atoms. The molecule has 0 aliphatic heterocycles. The van der Waals surface area contributed by atoms with Gasteiger partial charge in [0.1, 0.15) is 5.82 Å². The molecular weight excluding hydrogens is 295 g/mol. The highest BCUT2D eigenvalue weighted by atomic mass is 19.1. The van der Waals surface area contributed by atoms with Crippen LogP contribution in [0.4, 0.5) is 10.1 Å². The summed E-state index contributed by atoms with van der Waals surface area (Å²) < 4.78 is 15.3. The Hall–Kier alpha value is -3.02. The zero-order valence-electron chi connectivity index (χ0n) is 12.7. The maximum Gasteiger partial charge on any atom is 0.257 e. The second-order valence-corrected chi connectivity index (χ2v) is 5.18. The molecule has 3 aromatic rings. The van der Waals surface area contributed by atoms with Gasteiger partial charge in [0.15, 0.2) is 5.82 Å². The molecule has 116 valence electrons. The van der Waals surface area contributed by atoms with Gasteiger partial charge >= 0.3 is 0 Å². The van der Waals surface area contributed by atoms with E-state index < -0.39 is 11.7 Å². The third-order valence-electron chi connectivity index (χ3n) is 3.36. The highest BCUT2D eigenvalue weighted by Crippen LogP contribution is 2.15. The van der Waals surface area contributed by atoms with E-state index in [0.717, 1.165) is 11.4 Å². The topological polar surface area (TPSA) is 59.8 Å². The summed E-state index contributed by atoms with van der Waals surface area (Å²) in [5.74, 6) is -0.270. The number of hydrogen-bond donors (Lipinski definition) is 1. The minimum absolute atomic E-state index is 0.139. The second-order valence-electron chi connectivity index (χ2n) is 5.18. The lowest BCUT2D eigenvalue weighted by Gasteiger charge is -2.07. The predicted octanol–water partition coefficient (Wildman–Crippen LogP) is 3.28. The normalized spacial score (nSPS) is 10.6. The van der Waals surface area contributed by atoms with Crippen LogP contribution < -0.4 is 5.32 Å². The van der Waals surface area contributed by atoms with E-state index in [9.17, 15) is 9.18 Å². The van der Waals surface area contributed by atoms with Crippen LogP contribution in [0.2, 0.25) is 0 Å². The van der Waals surface area contributed by atoms with Crippen molar-refractivity contribution in [1.29, 1.82) is 0 Å². The van der Waals surface area contributed by atoms with Crippen molar-refractivity contribution < 1.29 is 9.18 Å². The Morgan fingerprint density at radius 3 is 2.57 bits per heavy atom. The lowest BCUT2D eigenvalue weighted by molar-refractivity contribution is 0.102. The molecule has 0 saturated heterocycles. The number of halogens is 1. The first-order valence-corrected chi connectivity index (χ1v) is 7.10. The summed E-state index contributed by atoms with van der Waals surface area (Å²) in [6.45, 7) is 3.83. The van der Waals surface area contributed by atoms with Crippen LogP contribution in [0.1, 0.15) is 21.7 Å². The Morgan fingerprint density at radius 1 is 1.17 bits per heavy atom. The first-order valence-electron chi connectivity index (χ1n) is 7.10. The zero-order valence-corrected chi connectivity index (χ0v) is 12.7. The number of nitrogens with one attached hydrogen (secondary N) is 1. The van der Waals surface area contributed by atoms with Gasteiger partial charge in [-0.1, -0.05) is 12.1 Å². The maximum atomic E-state index is 13.6. The quantitative estimate of drug-likeness (QED) is 0.807. The molecule has 3 rings (SSSR count). The second kappa shape index (κ2) is 6.00. The molecule has 23 heavy (non-hydrogen) atoms. The average molecular weight is 310 g/mol. The van der Waals surface area contributed by atoms with E-state index in [-0.39, 0.29) is 5.69 Å². The first kappa shape index (κ1) is 14.9. The fraction of sp³-hybridized carbons (Fsp3) is 0.118. The lowest BCUT2D eigenvalue weighted by atomic mass is 10.2. The van der Waals surface area contributed by atoms with E-state index >= 15 is 0 Å². The van der Waals surface area contributed by atoms with Crippen LogP contribution in [-0.4, -0.2) is 20.7 Å². The van der Waals surface area contributed by atoms with Crippen LogP contribution in [0.15, 0.2) is 48.7 Å². The van der Waals surface area contributed by atoms with Crippen LogP contribution in [0.5, 0.6) is 0 Å². The maximum absolute atomic E-state index is 13.6. The average Bonchev–Trinajstić information content (AvgIpc) is 2.88. The summed E-state index contributed by atoms with van der Waals surface area (Å²) in [6, 6.07) is 11.3. The van der Waals surface area contributed by atoms with Gasteiger partial charge in [-0.3, -0.25) is 4.79 Å². The number of para-hydroxylation sites is 1. The van der Waals surface area contributed by atoms with Crippen LogP contribution in [0, 0.1) is 19.7 Å². The molecule has 1 N–H and O–H groups in total. The van der Waals surface area contributed by atoms with Gasteiger partial charge in [-0.15, -0.1) is 0 Å². The van der Waals surface area contributed by atoms with Gasteiger partial charge in [0.2, 0.25) is 0 Å². The minimum atomic E-state index is -0.479. The van der Waals surface area contributed by atoms with Crippen molar-refractivity contribution in [3.05, 3.63) is 71.4 Å². The fourth-order valence-corrected chi connectivity index (χ4v) is 2.26. The summed E-state index contributed by atoms with van der Waals surface area (Å²) in [6.07, 6.45) is 1.45. The van der Waals surface area contributed by atoms with Crippen molar-refractivity contribution in [3.8, 4) is 5.82 Å². The molecule has 2 heterocycles. The van der Waals surface area contributed by atoms with Gasteiger partial charge in [-0.25, -0.2) is 14.1 Å². The van der Waals surface area contributed by atoms with E-state index in [2.05, 4.69) is 15.4 Å². The number of aryl methyl sites for hydroxylation is 2. The van der Waals surface area contributed by atoms with Crippen molar-refractivity contribution in [2.45, 2.75) is 13.8 Å². The number of amides is 1. The molecule has 0 fully saturated rings. The monoisotopic (exact) mass is 310 g/mol. The summed E-state index contributed by atoms with van der Waals surface area (Å²) in [7, 11) is 0. The minimum Gasteiger partial charge on any atom is -0.319 e. The smallest absolute Gasteiger partial charge is 0.257 e. The SMILES string of the molecule is Cc1cc(C)n(-c2ccc(C(=O)Nc3ccccc3F)cn2)n1. The van der Waals surface area contributed by atoms with Gasteiger partial charge in [0, 0.05) is 11.9 Å². The Balaban J connectivity index is 1.81. The van der Waals surface area contributed by atoms with Gasteiger partial charge in [0.25, 0.3) is 5.91 Å². The third kappa shape index (κ3) is 3.11. The van der Waals surface area contributed by atoms with E-state index in [1.165, 1.54) is 18.3 Å². The van der Waals surface area contributed by atoms with Gasteiger partial charge in [-0.05, 0) is 44.2 Å². The third-order valence-corrected chi connectivity index (χ3v) is 3.36. The molecule has 0 unspecified atom stereocenters. The summed E-state index contributed by atoms with van der Waals surface area (Å²) >= 11 is 0. The number of benzene rings is 1. The molecule has 2 aromatic heterocycles. The van der Waals surface area contributed by atoms with Crippen molar-refractivity contribution in [1.82, 2.24) is 14.8 Å². The molecular formula is C17H15FN4O. The van der Waals surface area contributed by atoms with Gasteiger partial charge in [-0.2, -0.15) is 5.10 Å². The number of aromatic nitrogens is 3. The molecule has 6 heteroatoms. The van der Waals surface area contributed by atoms with Crippen LogP contribution in [-0.2, 0) is 0 Å². The Bertz CT molecular complexity index is 855. The van der Waals surface area contributed by atoms with Crippen molar-refractivity contribution in [2.24, 2.45) is 0 Å². The Morgan fingerprint density at radius 2 is 1.96 bits per heavy atom. The molecule has 1 aromatic carbocycles. The highest BCUT2D eigenvalue weighted by Gasteiger charge is 2.11. The summed E-state index contributed by atoms with van der Waals surface area (Å²) in [5, 5.41) is 6.86. The predicted molar refractivity (Wildman–Crippen MR) is 85.2 cm³/mol. The Kier molecular flexibility index (Phi) is 3.89. The lowest BCUT2D eigenvalue weighted by Crippen LogP contribution is -2.13. The molecule has 0 radical (unpaired) electrons. The van der Waals surface area contributed by atoms with Crippen LogP contribution >= 0.6 is 0 Å². The standard InChI is InChI=1S/C17H15FN4O/c1-11-9-12(2)22(21-11)16-8-7-13(10-19-16)17(23)20-15-6-4-3-5-14(15)18/h3-10H,1-2H3,(H,20,23). The summed E-state index contributed by atoms with van der Waals surface area (Å²) in [4.78, 5) is 16.4. The molecule has 0 aliphatic rings. The van der Waals surface area contributed by atoms with Crippen LogP contribution in [0.25, 0.3) is 5.82 Å². The largest absolute Gasteiger partial charge is 0.319 e. The molecule has 1 amide bonds. The number of pyridine rings is 1. The van der Waals surface area contributed by atoms with E-state index in [1.54, 1.807) is 28.9 Å². The van der Waals surface area contributed by atoms with Crippen LogP contribution in [0.3, 0.4) is 0 Å². The highest BCUT2D eigenvalue weighted by molar-refractivity contribution is 6.04. The van der Waals surface area contributed by atoms with E-state index in [4.69, 9.17) is 0 Å². The van der Waals surface area contributed by atoms with Crippen molar-refractivity contribution in [2.75, 3.05) is 5.32 Å².